The van der Waals surface area contributed by atoms with E-state index < -0.39 is 37.4 Å². The molecular weight excluding hydrogens is 1290 g/mol. The Morgan fingerprint density at radius 3 is 1.36 bits per heavy atom. The lowest BCUT2D eigenvalue weighted by atomic mass is 9.97. The Kier molecular flexibility index (Phi) is 16.4. The molecule has 18 rings (SSSR count). The van der Waals surface area contributed by atoms with Gasteiger partial charge >= 0.3 is 0 Å². The van der Waals surface area contributed by atoms with Gasteiger partial charge in [0, 0.05) is 65.6 Å². The van der Waals surface area contributed by atoms with Gasteiger partial charge in [-0.2, -0.15) is 30.2 Å². The molecular formula is C66H78N18O9S3. The van der Waals surface area contributed by atoms with Crippen LogP contribution in [0.1, 0.15) is 122 Å². The largest absolute Gasteiger partial charge is 0.374 e. The molecule has 504 valence electrons. The number of hydrogen-bond donors (Lipinski definition) is 6. The van der Waals surface area contributed by atoms with E-state index in [9.17, 15) is 12.6 Å². The fourth-order valence-corrected chi connectivity index (χ4v) is 18.3. The van der Waals surface area contributed by atoms with Crippen LogP contribution in [0.2, 0.25) is 0 Å². The van der Waals surface area contributed by atoms with Gasteiger partial charge in [-0.25, -0.2) is 27.9 Å². The average Bonchev–Trinajstić information content (AvgIpc) is 1.60. The zero-order valence-corrected chi connectivity index (χ0v) is 57.1. The number of nitrogens with zero attached hydrogens (tertiary/aromatic N) is 12. The predicted octanol–water partition coefficient (Wildman–Crippen LogP) is 7.54. The number of sulfone groups is 1. The zero-order chi connectivity index (χ0) is 65.7. The highest BCUT2D eigenvalue weighted by Crippen LogP contribution is 2.45. The van der Waals surface area contributed by atoms with Crippen molar-refractivity contribution < 1.29 is 41.0 Å². The number of rotatable bonds is 18. The summed E-state index contributed by atoms with van der Waals surface area (Å²) in [7, 11) is 4.82. The molecule has 3 aliphatic heterocycles. The van der Waals surface area contributed by atoms with Gasteiger partial charge in [-0.3, -0.25) is 14.0 Å². The van der Waals surface area contributed by atoms with Gasteiger partial charge in [0.15, 0.2) is 26.9 Å². The maximum atomic E-state index is 13.3. The number of methoxy groups -OCH3 is 3. The van der Waals surface area contributed by atoms with Crippen molar-refractivity contribution in [3.05, 3.63) is 120 Å². The monoisotopic (exact) mass is 1360 g/mol. The normalized spacial score (nSPS) is 18.9. The first-order chi connectivity index (χ1) is 46.6. The van der Waals surface area contributed by atoms with E-state index in [1.54, 1.807) is 39.1 Å². The molecule has 1 unspecified atom stereocenters. The van der Waals surface area contributed by atoms with Crippen LogP contribution in [0.15, 0.2) is 66.9 Å². The molecule has 0 amide bonds. The second kappa shape index (κ2) is 25.0. The second-order valence-electron chi connectivity index (χ2n) is 26.4. The fourth-order valence-electron chi connectivity index (χ4n) is 15.5. The van der Waals surface area contributed by atoms with Gasteiger partial charge in [0.1, 0.15) is 15.8 Å². The number of fused-ring (bicyclic) bond motifs is 6. The number of nitrogens with one attached hydrogen (secondary N) is 6. The number of anilines is 6. The Morgan fingerprint density at radius 1 is 0.490 bits per heavy atom. The molecule has 3 fully saturated rings. The Hall–Kier alpha value is -7.68. The van der Waals surface area contributed by atoms with Crippen molar-refractivity contribution in [2.45, 2.75) is 163 Å². The number of benzene rings is 3. The van der Waals surface area contributed by atoms with Crippen LogP contribution in [0.4, 0.5) is 34.9 Å². The molecule has 9 aliphatic rings. The third kappa shape index (κ3) is 11.1. The van der Waals surface area contributed by atoms with Crippen molar-refractivity contribution in [1.29, 1.82) is 0 Å². The van der Waals surface area contributed by atoms with E-state index >= 15 is 0 Å². The molecule has 0 saturated carbocycles. The summed E-state index contributed by atoms with van der Waals surface area (Å²) in [5.74, 6) is 1.38. The van der Waals surface area contributed by atoms with E-state index in [1.807, 2.05) is 24.8 Å². The van der Waals surface area contributed by atoms with Gasteiger partial charge in [0.2, 0.25) is 28.2 Å². The highest BCUT2D eigenvalue weighted by molar-refractivity contribution is 7.99. The minimum atomic E-state index is -3.99. The van der Waals surface area contributed by atoms with Crippen molar-refractivity contribution in [3.63, 3.8) is 0 Å². The van der Waals surface area contributed by atoms with Gasteiger partial charge in [0.05, 0.1) is 56.7 Å². The molecule has 96 heavy (non-hydrogen) atoms. The lowest BCUT2D eigenvalue weighted by Crippen LogP contribution is -2.49. The summed E-state index contributed by atoms with van der Waals surface area (Å²) in [4.78, 5) is 13.5. The molecule has 6 aromatic heterocycles. The second-order valence-corrected chi connectivity index (χ2v) is 30.5. The first-order valence-corrected chi connectivity index (χ1v) is 36.5. The molecule has 6 aliphatic carbocycles. The molecule has 0 spiro atoms. The van der Waals surface area contributed by atoms with E-state index in [1.165, 1.54) is 133 Å². The molecule has 9 aromatic rings. The van der Waals surface area contributed by atoms with Gasteiger partial charge in [0.25, 0.3) is 15.0 Å². The summed E-state index contributed by atoms with van der Waals surface area (Å²) < 4.78 is 77.7. The number of hydrogen-bond acceptors (Lipinski definition) is 22. The molecule has 0 bridgehead atoms. The van der Waals surface area contributed by atoms with Crippen LogP contribution in [-0.2, 0) is 164 Å². The Bertz CT molecular complexity index is 4540. The third-order valence-corrected chi connectivity index (χ3v) is 24.1. The molecule has 9 heterocycles. The number of aryl methyl sites for hydroxylation is 9. The fraction of sp³-hybridized carbons (Fsp3) is 0.500. The first kappa shape index (κ1) is 63.1. The van der Waals surface area contributed by atoms with E-state index in [0.29, 0.717) is 67.4 Å². The van der Waals surface area contributed by atoms with Gasteiger partial charge < -0.3 is 44.4 Å². The maximum Gasteiger partial charge on any atom is 0.260 e. The summed E-state index contributed by atoms with van der Waals surface area (Å²) >= 11 is 1.44. The molecule has 30 heteroatoms. The summed E-state index contributed by atoms with van der Waals surface area (Å²) in [5, 5.41) is 46.9. The molecule has 3 saturated heterocycles. The summed E-state index contributed by atoms with van der Waals surface area (Å²) in [6.07, 6.45) is 20.4. The minimum Gasteiger partial charge on any atom is -0.374 e. The minimum absolute atomic E-state index is 0.104. The summed E-state index contributed by atoms with van der Waals surface area (Å²) in [6.45, 7) is 2.71. The van der Waals surface area contributed by atoms with E-state index in [0.717, 1.165) is 105 Å². The predicted molar refractivity (Wildman–Crippen MR) is 353 cm³/mol. The van der Waals surface area contributed by atoms with Crippen LogP contribution in [0.3, 0.4) is 0 Å². The summed E-state index contributed by atoms with van der Waals surface area (Å²) in [6, 6.07) is 12.5. The SMILES string of the molecule is COC1(c2cc(S(=O)(=O)c3nc(Nc4c5c(cc6c4CCC6)CCC5)n[nH]3)nn2C)COC1.COC1(c2cc(S(=O)c3nc(Nc4c5c(cc6c4CCC6)CCC5)n[nH]3)nn2C)COC1.COC1(c2cc(Sc3n[nH]c(Nc4c5c(cc6c4CCC6)CCC5)n3)nn2C)COC1. The van der Waals surface area contributed by atoms with Crippen LogP contribution >= 0.6 is 11.8 Å². The molecule has 3 aromatic carbocycles. The van der Waals surface area contributed by atoms with Crippen molar-refractivity contribution in [1.82, 2.24) is 74.9 Å². The third-order valence-electron chi connectivity index (χ3n) is 20.8. The highest BCUT2D eigenvalue weighted by atomic mass is 32.2. The smallest absolute Gasteiger partial charge is 0.260 e. The van der Waals surface area contributed by atoms with Gasteiger partial charge in [-0.05, 0) is 206 Å². The van der Waals surface area contributed by atoms with Crippen LogP contribution < -0.4 is 16.0 Å². The zero-order valence-electron chi connectivity index (χ0n) is 54.7. The number of aromatic nitrogens is 15. The van der Waals surface area contributed by atoms with Crippen LogP contribution in [-0.4, -0.2) is 148 Å². The summed E-state index contributed by atoms with van der Waals surface area (Å²) in [5.41, 5.74) is 21.4. The van der Waals surface area contributed by atoms with Gasteiger partial charge in [-0.15, -0.1) is 15.3 Å². The highest BCUT2D eigenvalue weighted by Gasteiger charge is 2.47. The first-order valence-electron chi connectivity index (χ1n) is 33.1. The lowest BCUT2D eigenvalue weighted by molar-refractivity contribution is -0.206. The number of ether oxygens (including phenoxy) is 6. The Labute approximate surface area is 561 Å². The maximum absolute atomic E-state index is 13.3. The number of aromatic amines is 3. The topological polar surface area (TPSA) is 321 Å². The van der Waals surface area contributed by atoms with Gasteiger partial charge in [-0.1, -0.05) is 18.2 Å². The average molecular weight is 1360 g/mol. The van der Waals surface area contributed by atoms with Crippen LogP contribution in [0, 0.1) is 0 Å². The van der Waals surface area contributed by atoms with E-state index in [4.69, 9.17) is 28.4 Å². The molecule has 6 N–H and O–H groups in total. The van der Waals surface area contributed by atoms with E-state index in [-0.39, 0.29) is 21.3 Å². The van der Waals surface area contributed by atoms with Crippen molar-refractivity contribution >= 4 is 67.3 Å². The molecule has 0 radical (unpaired) electrons. The van der Waals surface area contributed by atoms with Crippen LogP contribution in [0.25, 0.3) is 0 Å². The van der Waals surface area contributed by atoms with Crippen molar-refractivity contribution in [2.24, 2.45) is 21.1 Å². The molecule has 27 nitrogen and oxygen atoms in total. The van der Waals surface area contributed by atoms with Crippen LogP contribution in [0.5, 0.6) is 0 Å². The lowest BCUT2D eigenvalue weighted by Gasteiger charge is -2.39. The number of H-pyrrole nitrogens is 3. The molecule has 1 atom stereocenters. The van der Waals surface area contributed by atoms with Crippen molar-refractivity contribution in [2.75, 3.05) is 76.9 Å². The Morgan fingerprint density at radius 2 is 0.906 bits per heavy atom. The van der Waals surface area contributed by atoms with E-state index in [2.05, 4.69) is 95.0 Å². The van der Waals surface area contributed by atoms with Crippen molar-refractivity contribution in [3.8, 4) is 0 Å². The standard InChI is InChI=1S/C22H26N6O4S.C22H26N6O3S.C22H26N6O2S/c1-28-17(22(31-2)11-32-12-22)10-18(27-28)33(29,30)21-24-20(25-26-21)23-19-15-7-3-5-13(15)9-14-6-4-8-16(14)19;1-28-17(22(30-2)11-31-12-22)10-18(27-28)32(29)21-24-20(25-26-21)23-19-15-7-3-5-13(15)9-14-6-4-8-16(14)19;1-28-17(22(29-2)11-30-12-22)10-18(27-28)31-21-24-20(25-26-21)23-19-15-7-3-5-13(15)9-14-6-4-8-16(14)19/h9-10H,3-8,11-12H2,1-2H3,(H2,23,24,25,26);9-10H,3-8,11-12H2,1-2H3,(H2,23,24,25,26);9-10H,3-8,11-12H2,1-2H3,(H2,23,24,25,26). The quantitative estimate of drug-likeness (QED) is 0.0483. The Balaban J connectivity index is 0.000000113.